The minimum atomic E-state index is 0.245. The highest BCUT2D eigenvalue weighted by atomic mass is 32.1. The Morgan fingerprint density at radius 3 is 2.64 bits per heavy atom. The lowest BCUT2D eigenvalue weighted by Crippen LogP contribution is -2.11. The van der Waals surface area contributed by atoms with Gasteiger partial charge in [-0.2, -0.15) is 0 Å². The molecule has 1 rings (SSSR count). The lowest BCUT2D eigenvalue weighted by Gasteiger charge is -1.91. The predicted octanol–water partition coefficient (Wildman–Crippen LogP) is 1.79. The standard InChI is InChI=1S/C8H12N2S/c1-2-6-3-4-7(11-6)5-8(9)10/h3-4H,2,5H2,1H3,(H3,9,10). The number of amidine groups is 1. The summed E-state index contributed by atoms with van der Waals surface area (Å²) in [5, 5.41) is 7.08. The van der Waals surface area contributed by atoms with Crippen LogP contribution in [-0.4, -0.2) is 5.84 Å². The van der Waals surface area contributed by atoms with Gasteiger partial charge in [0.15, 0.2) is 0 Å². The van der Waals surface area contributed by atoms with E-state index in [1.807, 2.05) is 6.07 Å². The van der Waals surface area contributed by atoms with E-state index in [-0.39, 0.29) is 5.84 Å². The van der Waals surface area contributed by atoms with Crippen LogP contribution in [-0.2, 0) is 12.8 Å². The Morgan fingerprint density at radius 1 is 1.55 bits per heavy atom. The summed E-state index contributed by atoms with van der Waals surface area (Å²) in [6.45, 7) is 2.13. The quantitative estimate of drug-likeness (QED) is 0.524. The fourth-order valence-electron chi connectivity index (χ4n) is 0.895. The summed E-state index contributed by atoms with van der Waals surface area (Å²) < 4.78 is 0. The third kappa shape index (κ3) is 2.35. The zero-order chi connectivity index (χ0) is 8.27. The first-order valence-corrected chi connectivity index (χ1v) is 4.44. The number of hydrogen-bond donors (Lipinski definition) is 2. The molecule has 2 nitrogen and oxygen atoms in total. The molecule has 0 fully saturated rings. The van der Waals surface area contributed by atoms with Crippen LogP contribution in [0.3, 0.4) is 0 Å². The summed E-state index contributed by atoms with van der Waals surface area (Å²) >= 11 is 1.74. The van der Waals surface area contributed by atoms with Gasteiger partial charge in [0.25, 0.3) is 0 Å². The van der Waals surface area contributed by atoms with Crippen LogP contribution in [0.15, 0.2) is 12.1 Å². The molecule has 3 heteroatoms. The van der Waals surface area contributed by atoms with Gasteiger partial charge in [-0.15, -0.1) is 11.3 Å². The highest BCUT2D eigenvalue weighted by Crippen LogP contribution is 2.16. The molecule has 0 saturated carbocycles. The molecule has 0 radical (unpaired) electrons. The van der Waals surface area contributed by atoms with Crippen LogP contribution in [0.25, 0.3) is 0 Å². The molecule has 0 aliphatic rings. The predicted molar refractivity (Wildman–Crippen MR) is 49.3 cm³/mol. The maximum absolute atomic E-state index is 7.08. The maximum atomic E-state index is 7.08. The van der Waals surface area contributed by atoms with Gasteiger partial charge in [0, 0.05) is 16.2 Å². The van der Waals surface area contributed by atoms with Gasteiger partial charge < -0.3 is 5.73 Å². The molecule has 0 aliphatic carbocycles. The number of rotatable bonds is 3. The van der Waals surface area contributed by atoms with Crippen LogP contribution in [0, 0.1) is 5.41 Å². The fourth-order valence-corrected chi connectivity index (χ4v) is 1.88. The van der Waals surface area contributed by atoms with Gasteiger partial charge in [-0.3, -0.25) is 5.41 Å². The van der Waals surface area contributed by atoms with Crippen LogP contribution >= 0.6 is 11.3 Å². The number of nitrogens with one attached hydrogen (secondary N) is 1. The first-order valence-electron chi connectivity index (χ1n) is 3.63. The molecule has 0 amide bonds. The number of nitrogens with two attached hydrogens (primary N) is 1. The normalized spacial score (nSPS) is 9.91. The van der Waals surface area contributed by atoms with Crippen molar-refractivity contribution < 1.29 is 0 Å². The van der Waals surface area contributed by atoms with E-state index in [0.717, 1.165) is 6.42 Å². The van der Waals surface area contributed by atoms with E-state index in [2.05, 4.69) is 13.0 Å². The molecular weight excluding hydrogens is 156 g/mol. The number of hydrogen-bond acceptors (Lipinski definition) is 2. The molecule has 1 aromatic heterocycles. The first kappa shape index (κ1) is 8.27. The molecule has 0 atom stereocenters. The third-order valence-corrected chi connectivity index (χ3v) is 2.66. The van der Waals surface area contributed by atoms with Crippen molar-refractivity contribution in [2.45, 2.75) is 19.8 Å². The zero-order valence-electron chi connectivity index (χ0n) is 6.55. The Balaban J connectivity index is 2.65. The van der Waals surface area contributed by atoms with Crippen molar-refractivity contribution in [1.82, 2.24) is 0 Å². The highest BCUT2D eigenvalue weighted by molar-refractivity contribution is 7.12. The minimum Gasteiger partial charge on any atom is -0.387 e. The van der Waals surface area contributed by atoms with Crippen LogP contribution in [0.1, 0.15) is 16.7 Å². The molecule has 0 unspecified atom stereocenters. The van der Waals surface area contributed by atoms with Crippen molar-refractivity contribution in [2.75, 3.05) is 0 Å². The third-order valence-electron chi connectivity index (χ3n) is 1.43. The Kier molecular flexibility index (Phi) is 2.65. The van der Waals surface area contributed by atoms with Crippen LogP contribution in [0.2, 0.25) is 0 Å². The van der Waals surface area contributed by atoms with E-state index in [0.29, 0.717) is 6.42 Å². The largest absolute Gasteiger partial charge is 0.387 e. The molecule has 11 heavy (non-hydrogen) atoms. The molecule has 60 valence electrons. The zero-order valence-corrected chi connectivity index (χ0v) is 7.37. The summed E-state index contributed by atoms with van der Waals surface area (Å²) in [5.74, 6) is 0.245. The Morgan fingerprint density at radius 2 is 2.18 bits per heavy atom. The Bertz CT molecular complexity index is 252. The molecule has 1 heterocycles. The van der Waals surface area contributed by atoms with Crippen LogP contribution in [0.4, 0.5) is 0 Å². The van der Waals surface area contributed by atoms with Crippen molar-refractivity contribution >= 4 is 17.2 Å². The smallest absolute Gasteiger partial charge is 0.0958 e. The maximum Gasteiger partial charge on any atom is 0.0958 e. The van der Waals surface area contributed by atoms with Crippen molar-refractivity contribution in [3.8, 4) is 0 Å². The monoisotopic (exact) mass is 168 g/mol. The molecule has 0 aromatic carbocycles. The summed E-state index contributed by atoms with van der Waals surface area (Å²) in [5.41, 5.74) is 5.27. The highest BCUT2D eigenvalue weighted by Gasteiger charge is 1.98. The summed E-state index contributed by atoms with van der Waals surface area (Å²) in [6, 6.07) is 4.15. The van der Waals surface area contributed by atoms with Gasteiger partial charge >= 0.3 is 0 Å². The Hall–Kier alpha value is -0.830. The summed E-state index contributed by atoms with van der Waals surface area (Å²) in [7, 11) is 0. The lowest BCUT2D eigenvalue weighted by molar-refractivity contribution is 1.19. The molecule has 3 N–H and O–H groups in total. The van der Waals surface area contributed by atoms with Gasteiger partial charge in [-0.05, 0) is 18.6 Å². The second-order valence-corrected chi connectivity index (χ2v) is 3.68. The van der Waals surface area contributed by atoms with Crippen molar-refractivity contribution in [2.24, 2.45) is 5.73 Å². The first-order chi connectivity index (χ1) is 5.22. The van der Waals surface area contributed by atoms with E-state index in [1.165, 1.54) is 9.75 Å². The summed E-state index contributed by atoms with van der Waals surface area (Å²) in [6.07, 6.45) is 1.67. The SMILES string of the molecule is CCc1ccc(CC(=N)N)s1. The van der Waals surface area contributed by atoms with E-state index in [1.54, 1.807) is 11.3 Å². The molecule has 0 spiro atoms. The van der Waals surface area contributed by atoms with Gasteiger partial charge in [-0.25, -0.2) is 0 Å². The second-order valence-electron chi connectivity index (χ2n) is 2.42. The average Bonchev–Trinajstić information content (AvgIpc) is 2.34. The van der Waals surface area contributed by atoms with Crippen molar-refractivity contribution in [3.05, 3.63) is 21.9 Å². The van der Waals surface area contributed by atoms with Crippen molar-refractivity contribution in [1.29, 1.82) is 5.41 Å². The molecule has 0 aliphatic heterocycles. The number of thiophene rings is 1. The van der Waals surface area contributed by atoms with E-state index < -0.39 is 0 Å². The fraction of sp³-hybridized carbons (Fsp3) is 0.375. The molecular formula is C8H12N2S. The second kappa shape index (κ2) is 3.53. The average molecular weight is 168 g/mol. The van der Waals surface area contributed by atoms with Gasteiger partial charge in [0.05, 0.1) is 5.84 Å². The van der Waals surface area contributed by atoms with Gasteiger partial charge in [0.2, 0.25) is 0 Å². The van der Waals surface area contributed by atoms with Gasteiger partial charge in [-0.1, -0.05) is 6.92 Å². The summed E-state index contributed by atoms with van der Waals surface area (Å²) in [4.78, 5) is 2.55. The Labute approximate surface area is 70.6 Å². The van der Waals surface area contributed by atoms with E-state index in [9.17, 15) is 0 Å². The number of aryl methyl sites for hydroxylation is 1. The van der Waals surface area contributed by atoms with Crippen LogP contribution in [0.5, 0.6) is 0 Å². The van der Waals surface area contributed by atoms with E-state index >= 15 is 0 Å². The molecule has 0 saturated heterocycles. The molecule has 1 aromatic rings. The van der Waals surface area contributed by atoms with Crippen LogP contribution < -0.4 is 5.73 Å². The topological polar surface area (TPSA) is 49.9 Å². The van der Waals surface area contributed by atoms with Crippen molar-refractivity contribution in [3.63, 3.8) is 0 Å². The molecule has 0 bridgehead atoms. The van der Waals surface area contributed by atoms with E-state index in [4.69, 9.17) is 11.1 Å². The van der Waals surface area contributed by atoms with Gasteiger partial charge in [0.1, 0.15) is 0 Å². The minimum absolute atomic E-state index is 0.245. The lowest BCUT2D eigenvalue weighted by atomic mass is 10.3.